The standard InChI is InChI=1S/C23H26N6O/c1-2-29-20-12-6-5-11-19(20)27-23(29)28-13-7-8-16(15-28)22(30)24-14-21-25-17-9-3-4-10-18(17)26-21/h3-6,9-12,16H,2,7-8,13-15H2,1H3,(H,24,30)(H,25,26)/t16-/m0/s1. The van der Waals surface area contributed by atoms with Gasteiger partial charge in [0.2, 0.25) is 11.9 Å². The Balaban J connectivity index is 1.28. The molecule has 2 aromatic heterocycles. The van der Waals surface area contributed by atoms with Gasteiger partial charge < -0.3 is 19.8 Å². The number of carbonyl (C=O) groups is 1. The Morgan fingerprint density at radius 3 is 2.77 bits per heavy atom. The van der Waals surface area contributed by atoms with Crippen molar-refractivity contribution >= 4 is 33.9 Å². The molecule has 4 aromatic rings. The van der Waals surface area contributed by atoms with Crippen molar-refractivity contribution in [2.75, 3.05) is 18.0 Å². The number of aromatic nitrogens is 4. The van der Waals surface area contributed by atoms with Crippen molar-refractivity contribution in [1.82, 2.24) is 24.8 Å². The molecule has 30 heavy (non-hydrogen) atoms. The van der Waals surface area contributed by atoms with Crippen LogP contribution in [0.2, 0.25) is 0 Å². The number of nitrogens with zero attached hydrogens (tertiary/aromatic N) is 4. The van der Waals surface area contributed by atoms with Crippen molar-refractivity contribution < 1.29 is 4.79 Å². The molecule has 1 saturated heterocycles. The fourth-order valence-electron chi connectivity index (χ4n) is 4.39. The van der Waals surface area contributed by atoms with Crippen LogP contribution in [0.15, 0.2) is 48.5 Å². The summed E-state index contributed by atoms with van der Waals surface area (Å²) >= 11 is 0. The molecule has 2 aromatic carbocycles. The zero-order valence-corrected chi connectivity index (χ0v) is 17.1. The number of H-pyrrole nitrogens is 1. The number of rotatable bonds is 5. The van der Waals surface area contributed by atoms with E-state index in [9.17, 15) is 4.79 Å². The third-order valence-corrected chi connectivity index (χ3v) is 5.89. The van der Waals surface area contributed by atoms with Gasteiger partial charge in [-0.15, -0.1) is 0 Å². The Morgan fingerprint density at radius 1 is 1.13 bits per heavy atom. The molecule has 0 unspecified atom stereocenters. The van der Waals surface area contributed by atoms with Crippen LogP contribution in [-0.2, 0) is 17.9 Å². The SMILES string of the molecule is CCn1c(N2CCC[C@H](C(=O)NCc3nc4ccccc4[nH]3)C2)nc2ccccc21. The third-order valence-electron chi connectivity index (χ3n) is 5.89. The second-order valence-electron chi connectivity index (χ2n) is 7.85. The quantitative estimate of drug-likeness (QED) is 0.536. The van der Waals surface area contributed by atoms with E-state index in [1.165, 1.54) is 0 Å². The smallest absolute Gasteiger partial charge is 0.225 e. The Morgan fingerprint density at radius 2 is 1.93 bits per heavy atom. The van der Waals surface area contributed by atoms with Crippen molar-refractivity contribution in [2.24, 2.45) is 5.92 Å². The van der Waals surface area contributed by atoms with E-state index < -0.39 is 0 Å². The Labute approximate surface area is 175 Å². The molecule has 1 fully saturated rings. The highest BCUT2D eigenvalue weighted by Gasteiger charge is 2.28. The second-order valence-corrected chi connectivity index (χ2v) is 7.85. The van der Waals surface area contributed by atoms with Crippen molar-refractivity contribution in [2.45, 2.75) is 32.9 Å². The molecule has 5 rings (SSSR count). The summed E-state index contributed by atoms with van der Waals surface area (Å²) in [5.41, 5.74) is 4.06. The monoisotopic (exact) mass is 402 g/mol. The van der Waals surface area contributed by atoms with Crippen LogP contribution in [0.3, 0.4) is 0 Å². The van der Waals surface area contributed by atoms with Gasteiger partial charge in [-0.1, -0.05) is 24.3 Å². The normalized spacial score (nSPS) is 17.0. The van der Waals surface area contributed by atoms with Crippen LogP contribution in [-0.4, -0.2) is 38.5 Å². The van der Waals surface area contributed by atoms with Gasteiger partial charge in [0.25, 0.3) is 0 Å². The number of hydrogen-bond acceptors (Lipinski definition) is 4. The van der Waals surface area contributed by atoms with Gasteiger partial charge >= 0.3 is 0 Å². The van der Waals surface area contributed by atoms with Crippen LogP contribution >= 0.6 is 0 Å². The minimum atomic E-state index is -0.0479. The highest BCUT2D eigenvalue weighted by atomic mass is 16.1. The van der Waals surface area contributed by atoms with E-state index >= 15 is 0 Å². The number of hydrogen-bond donors (Lipinski definition) is 2. The first-order valence-corrected chi connectivity index (χ1v) is 10.6. The lowest BCUT2D eigenvalue weighted by Gasteiger charge is -2.33. The summed E-state index contributed by atoms with van der Waals surface area (Å²) in [5.74, 6) is 1.78. The fraction of sp³-hybridized carbons (Fsp3) is 0.348. The molecule has 0 spiro atoms. The van der Waals surface area contributed by atoms with Gasteiger partial charge in [-0.2, -0.15) is 0 Å². The molecular formula is C23H26N6O. The number of nitrogens with one attached hydrogen (secondary N) is 2. The van der Waals surface area contributed by atoms with E-state index in [2.05, 4.69) is 37.7 Å². The number of fused-ring (bicyclic) bond motifs is 2. The highest BCUT2D eigenvalue weighted by Crippen LogP contribution is 2.27. The van der Waals surface area contributed by atoms with E-state index in [4.69, 9.17) is 4.98 Å². The minimum Gasteiger partial charge on any atom is -0.349 e. The molecule has 1 atom stereocenters. The van der Waals surface area contributed by atoms with Gasteiger partial charge in [0.05, 0.1) is 34.5 Å². The van der Waals surface area contributed by atoms with Crippen LogP contribution in [0.4, 0.5) is 5.95 Å². The zero-order chi connectivity index (χ0) is 20.5. The first-order valence-electron chi connectivity index (χ1n) is 10.6. The molecular weight excluding hydrogens is 376 g/mol. The largest absolute Gasteiger partial charge is 0.349 e. The third kappa shape index (κ3) is 3.40. The van der Waals surface area contributed by atoms with Crippen molar-refractivity contribution in [3.05, 3.63) is 54.4 Å². The maximum Gasteiger partial charge on any atom is 0.225 e. The molecule has 0 bridgehead atoms. The number of para-hydroxylation sites is 4. The van der Waals surface area contributed by atoms with Gasteiger partial charge in [-0.25, -0.2) is 9.97 Å². The average Bonchev–Trinajstić information content (AvgIpc) is 3.38. The van der Waals surface area contributed by atoms with Crippen LogP contribution in [0, 0.1) is 5.92 Å². The average molecular weight is 403 g/mol. The molecule has 0 aliphatic carbocycles. The predicted molar refractivity (Wildman–Crippen MR) is 118 cm³/mol. The summed E-state index contributed by atoms with van der Waals surface area (Å²) in [4.78, 5) is 27.8. The Bertz CT molecular complexity index is 1160. The molecule has 1 amide bonds. The number of imidazole rings is 2. The summed E-state index contributed by atoms with van der Waals surface area (Å²) in [6, 6.07) is 16.1. The van der Waals surface area contributed by atoms with Crippen molar-refractivity contribution in [1.29, 1.82) is 0 Å². The molecule has 0 saturated carbocycles. The minimum absolute atomic E-state index is 0.0479. The molecule has 154 valence electrons. The van der Waals surface area contributed by atoms with Gasteiger partial charge in [-0.05, 0) is 44.0 Å². The summed E-state index contributed by atoms with van der Waals surface area (Å²) in [6.07, 6.45) is 1.88. The van der Waals surface area contributed by atoms with Crippen molar-refractivity contribution in [3.8, 4) is 0 Å². The van der Waals surface area contributed by atoms with Gasteiger partial charge in [0, 0.05) is 19.6 Å². The van der Waals surface area contributed by atoms with Crippen LogP contribution in [0.1, 0.15) is 25.6 Å². The van der Waals surface area contributed by atoms with Gasteiger partial charge in [0.15, 0.2) is 0 Å². The van der Waals surface area contributed by atoms with Crippen LogP contribution < -0.4 is 10.2 Å². The van der Waals surface area contributed by atoms with E-state index in [0.29, 0.717) is 13.1 Å². The first-order chi connectivity index (χ1) is 14.7. The molecule has 2 N–H and O–H groups in total. The fourth-order valence-corrected chi connectivity index (χ4v) is 4.39. The van der Waals surface area contributed by atoms with E-state index in [1.54, 1.807) is 0 Å². The molecule has 7 heteroatoms. The second kappa shape index (κ2) is 7.82. The van der Waals surface area contributed by atoms with Gasteiger partial charge in [-0.3, -0.25) is 4.79 Å². The summed E-state index contributed by atoms with van der Waals surface area (Å²) in [7, 11) is 0. The number of aromatic amines is 1. The number of benzene rings is 2. The Hall–Kier alpha value is -3.35. The molecule has 1 aliphatic rings. The summed E-state index contributed by atoms with van der Waals surface area (Å²) in [5, 5.41) is 3.07. The lowest BCUT2D eigenvalue weighted by atomic mass is 9.97. The number of anilines is 1. The predicted octanol–water partition coefficient (Wildman–Crippen LogP) is 3.47. The van der Waals surface area contributed by atoms with E-state index in [0.717, 1.165) is 59.8 Å². The van der Waals surface area contributed by atoms with E-state index in [-0.39, 0.29) is 11.8 Å². The zero-order valence-electron chi connectivity index (χ0n) is 17.1. The molecule has 0 radical (unpaired) electrons. The van der Waals surface area contributed by atoms with Crippen LogP contribution in [0.5, 0.6) is 0 Å². The molecule has 3 heterocycles. The Kier molecular flexibility index (Phi) is 4.86. The number of piperidine rings is 1. The van der Waals surface area contributed by atoms with Crippen molar-refractivity contribution in [3.63, 3.8) is 0 Å². The number of aryl methyl sites for hydroxylation is 1. The summed E-state index contributed by atoms with van der Waals surface area (Å²) < 4.78 is 2.24. The lowest BCUT2D eigenvalue weighted by molar-refractivity contribution is -0.125. The van der Waals surface area contributed by atoms with Crippen LogP contribution in [0.25, 0.3) is 22.1 Å². The maximum absolute atomic E-state index is 12.9. The number of carbonyl (C=O) groups excluding carboxylic acids is 1. The molecule has 7 nitrogen and oxygen atoms in total. The lowest BCUT2D eigenvalue weighted by Crippen LogP contribution is -2.43. The summed E-state index contributed by atoms with van der Waals surface area (Å²) in [6.45, 7) is 5.03. The highest BCUT2D eigenvalue weighted by molar-refractivity contribution is 5.81. The molecule has 1 aliphatic heterocycles. The maximum atomic E-state index is 12.9. The topological polar surface area (TPSA) is 78.8 Å². The number of amides is 1. The van der Waals surface area contributed by atoms with E-state index in [1.807, 2.05) is 42.5 Å². The first kappa shape index (κ1) is 18.7. The van der Waals surface area contributed by atoms with Gasteiger partial charge in [0.1, 0.15) is 5.82 Å².